The quantitative estimate of drug-likeness (QED) is 0.0376. The summed E-state index contributed by atoms with van der Waals surface area (Å²) >= 11 is 0. The number of carboxylic acids is 5. The second kappa shape index (κ2) is 121. The van der Waals surface area contributed by atoms with Crippen LogP contribution >= 0.6 is 0 Å². The van der Waals surface area contributed by atoms with Crippen LogP contribution in [0.4, 0.5) is 0 Å². The van der Waals surface area contributed by atoms with Crippen molar-refractivity contribution in [1.82, 2.24) is 0 Å². The lowest BCUT2D eigenvalue weighted by Gasteiger charge is -1.98. The van der Waals surface area contributed by atoms with Gasteiger partial charge >= 0.3 is 29.8 Å². The van der Waals surface area contributed by atoms with Gasteiger partial charge in [-0.25, -0.2) is 0 Å². The first-order valence-corrected chi connectivity index (χ1v) is 36.9. The Morgan fingerprint density at radius 3 is 0.304 bits per heavy atom. The summed E-state index contributed by atoms with van der Waals surface area (Å²) in [6, 6.07) is 0. The van der Waals surface area contributed by atoms with Crippen molar-refractivity contribution in [3.8, 4) is 0 Å². The van der Waals surface area contributed by atoms with E-state index in [1.807, 2.05) is 0 Å². The minimum atomic E-state index is -0.954. The molecule has 626 valence electrons. The number of carbonyl (C=O) groups is 5. The number of hydrogen-bond donors (Lipinski definition) is 26. The van der Waals surface area contributed by atoms with E-state index in [0.717, 1.165) is 64.2 Å². The minimum Gasteiger partial charge on any atom is -0.481 e. The van der Waals surface area contributed by atoms with Gasteiger partial charge in [0, 0.05) is 32.1 Å². The van der Waals surface area contributed by atoms with Crippen molar-refractivity contribution in [2.75, 3.05) is 92.5 Å². The maximum Gasteiger partial charge on any atom is 0.303 e. The number of unbranched alkanes of at least 4 members (excludes halogenated alkanes) is 30. The summed E-state index contributed by atoms with van der Waals surface area (Å²) < 4.78 is 0. The van der Waals surface area contributed by atoms with Crippen LogP contribution in [0.3, 0.4) is 0 Å². The summed E-state index contributed by atoms with van der Waals surface area (Å²) in [6.45, 7) is 5.89. The molecule has 26 N–H and O–H groups in total. The van der Waals surface area contributed by atoms with E-state index in [9.17, 15) is 24.0 Å². The Morgan fingerprint density at radius 1 is 0.167 bits per heavy atom. The molecule has 0 bridgehead atoms. The molecule has 31 heteroatoms. The van der Waals surface area contributed by atoms with Gasteiger partial charge in [0.1, 0.15) is 42.7 Å². The molecule has 0 atom stereocenters. The molecule has 0 aromatic carbocycles. The zero-order valence-corrected chi connectivity index (χ0v) is 63.4. The summed E-state index contributed by atoms with van der Waals surface area (Å²) in [7, 11) is 0. The van der Waals surface area contributed by atoms with E-state index in [0.29, 0.717) is 32.1 Å². The van der Waals surface area contributed by atoms with Crippen LogP contribution < -0.4 is 0 Å². The summed E-state index contributed by atoms with van der Waals surface area (Å²) in [5.41, 5.74) is 0. The first-order valence-electron chi connectivity index (χ1n) is 36.9. The van der Waals surface area contributed by atoms with Gasteiger partial charge < -0.3 is 133 Å². The molecule has 0 unspecified atom stereocenters. The van der Waals surface area contributed by atoms with Crippen molar-refractivity contribution < 1.29 is 157 Å². The van der Waals surface area contributed by atoms with E-state index in [-0.39, 0.29) is 92.5 Å². The molecule has 0 amide bonds. The Bertz CT molecular complexity index is 1190. The minimum absolute atomic E-state index is 0.341. The molecule has 0 aliphatic rings. The van der Waals surface area contributed by atoms with Crippen LogP contribution in [0, 0.1) is 0 Å². The molecule has 0 spiro atoms. The number of aliphatic hydroxyl groups is 21. The molecule has 0 aliphatic heterocycles. The van der Waals surface area contributed by atoms with Gasteiger partial charge in [0.2, 0.25) is 0 Å². The Balaban J connectivity index is -0.0000000878. The smallest absolute Gasteiger partial charge is 0.303 e. The molecule has 0 heterocycles. The molecule has 0 aliphatic carbocycles. The van der Waals surface area contributed by atoms with E-state index in [4.69, 9.17) is 133 Å². The lowest BCUT2D eigenvalue weighted by molar-refractivity contribution is -0.138. The zero-order valence-electron chi connectivity index (χ0n) is 63.4. The predicted octanol–water partition coefficient (Wildman–Crippen LogP) is 4.38. The number of rotatable bonds is 54. The maximum absolute atomic E-state index is 10.1. The Morgan fingerprint density at radius 2 is 0.245 bits per heavy atom. The predicted molar refractivity (Wildman–Crippen MR) is 392 cm³/mol. The molecule has 0 fully saturated rings. The van der Waals surface area contributed by atoms with E-state index in [2.05, 4.69) is 34.6 Å². The van der Waals surface area contributed by atoms with E-state index in [1.54, 1.807) is 0 Å². The van der Waals surface area contributed by atoms with Crippen molar-refractivity contribution in [1.29, 1.82) is 0 Å². The van der Waals surface area contributed by atoms with Crippen LogP contribution in [0.5, 0.6) is 0 Å². The summed E-state index contributed by atoms with van der Waals surface area (Å²) in [5, 5.41) is 210. The lowest BCUT2D eigenvalue weighted by atomic mass is 10.1. The van der Waals surface area contributed by atoms with Crippen LogP contribution in [0.15, 0.2) is 0 Å². The van der Waals surface area contributed by atoms with Crippen molar-refractivity contribution >= 4 is 29.8 Å². The van der Waals surface area contributed by atoms with Gasteiger partial charge in [0.25, 0.3) is 0 Å². The van der Waals surface area contributed by atoms with E-state index >= 15 is 0 Å². The van der Waals surface area contributed by atoms with Crippen LogP contribution in [-0.2, 0) is 24.0 Å². The Kier molecular flexibility index (Phi) is 149. The summed E-state index contributed by atoms with van der Waals surface area (Å²) in [5.74, 6) is -3.32. The molecule has 31 nitrogen and oxygen atoms in total. The van der Waals surface area contributed by atoms with Crippen molar-refractivity contribution in [2.45, 2.75) is 334 Å². The second-order valence-electron chi connectivity index (χ2n) is 23.5. The van der Waals surface area contributed by atoms with Crippen molar-refractivity contribution in [3.63, 3.8) is 0 Å². The number of aliphatic hydroxyl groups excluding tert-OH is 21. The third-order valence-electron chi connectivity index (χ3n) is 12.9. The highest BCUT2D eigenvalue weighted by Gasteiger charge is 2.02. The molecular formula is C71H156O31. The monoisotopic (exact) mass is 1510 g/mol. The Hall–Kier alpha value is -3.49. The van der Waals surface area contributed by atoms with Crippen molar-refractivity contribution in [3.05, 3.63) is 0 Å². The highest BCUT2D eigenvalue weighted by atomic mass is 16.4. The highest BCUT2D eigenvalue weighted by molar-refractivity contribution is 5.67. The third-order valence-corrected chi connectivity index (χ3v) is 12.9. The third kappa shape index (κ3) is 182. The molecule has 0 aromatic rings. The molecule has 0 aromatic heterocycles. The summed E-state index contributed by atoms with van der Waals surface area (Å²) in [6.07, 6.45) is 36.5. The van der Waals surface area contributed by atoms with Gasteiger partial charge in [0.05, 0.1) is 92.5 Å². The molecule has 102 heavy (non-hydrogen) atoms. The average Bonchev–Trinajstić information content (AvgIpc) is 3.81. The highest BCUT2D eigenvalue weighted by Crippen LogP contribution is 2.12. The van der Waals surface area contributed by atoms with Gasteiger partial charge in [0.15, 0.2) is 0 Å². The van der Waals surface area contributed by atoms with Crippen LogP contribution in [0.25, 0.3) is 0 Å². The fourth-order valence-electron chi connectivity index (χ4n) is 6.57. The number of aliphatic carboxylic acids is 5. The van der Waals surface area contributed by atoms with Crippen LogP contribution in [0.1, 0.15) is 291 Å². The number of hydrogen-bond acceptors (Lipinski definition) is 26. The molecular weight excluding hydrogens is 1350 g/mol. The maximum atomic E-state index is 10.1. The summed E-state index contributed by atoms with van der Waals surface area (Å²) in [4.78, 5) is 50.7. The first-order chi connectivity index (χ1) is 48.5. The molecule has 0 radical (unpaired) electrons. The van der Waals surface area contributed by atoms with Gasteiger partial charge in [-0.1, -0.05) is 227 Å². The second-order valence-corrected chi connectivity index (χ2v) is 23.5. The fraction of sp³-hybridized carbons (Fsp3) is 0.930. The molecule has 0 saturated heterocycles. The lowest BCUT2D eigenvalue weighted by Crippen LogP contribution is -2.15. The standard InChI is InChI=1S/5C10H20O2.7C3H8O3/c5*1-2-3-4-5-6-7-8-9-10(11)12;7*4-1-3(6)2-5/h5*2-9H2,1H3,(H,11,12);7*3-6H,1-2H2. The Labute approximate surface area is 611 Å². The zero-order chi connectivity index (χ0) is 81.1. The normalized spacial score (nSPS) is 10.0. The average molecular weight is 1510 g/mol. The van der Waals surface area contributed by atoms with Crippen LogP contribution in [0.2, 0.25) is 0 Å². The SMILES string of the molecule is CCCCCCCCCC(=O)O.CCCCCCCCCC(=O)O.CCCCCCCCCC(=O)O.CCCCCCCCCC(=O)O.CCCCCCCCCC(=O)O.OCC(O)CO.OCC(O)CO.OCC(O)CO.OCC(O)CO.OCC(O)CO.OCC(O)CO.OCC(O)CO. The topological polar surface area (TPSA) is 611 Å². The van der Waals surface area contributed by atoms with Gasteiger partial charge in [-0.05, 0) is 32.1 Å². The number of carboxylic acid groups (broad SMARTS) is 5. The van der Waals surface area contributed by atoms with Gasteiger partial charge in [-0.15, -0.1) is 0 Å². The van der Waals surface area contributed by atoms with E-state index in [1.165, 1.54) is 161 Å². The molecule has 0 rings (SSSR count). The van der Waals surface area contributed by atoms with E-state index < -0.39 is 72.6 Å². The van der Waals surface area contributed by atoms with Crippen LogP contribution in [-0.4, -0.2) is 298 Å². The first kappa shape index (κ1) is 125. The van der Waals surface area contributed by atoms with Gasteiger partial charge in [-0.2, -0.15) is 0 Å². The fourth-order valence-corrected chi connectivity index (χ4v) is 6.57. The van der Waals surface area contributed by atoms with Gasteiger partial charge in [-0.3, -0.25) is 24.0 Å². The largest absolute Gasteiger partial charge is 0.481 e. The van der Waals surface area contributed by atoms with Crippen molar-refractivity contribution in [2.24, 2.45) is 0 Å². The molecule has 0 saturated carbocycles.